The van der Waals surface area contributed by atoms with Gasteiger partial charge >= 0.3 is 0 Å². The smallest absolute Gasteiger partial charge is 0.255 e. The van der Waals surface area contributed by atoms with Gasteiger partial charge in [0.25, 0.3) is 5.91 Å². The Morgan fingerprint density at radius 1 is 1.17 bits per heavy atom. The molecule has 154 valence electrons. The van der Waals surface area contributed by atoms with E-state index < -0.39 is 0 Å². The van der Waals surface area contributed by atoms with E-state index in [1.807, 2.05) is 6.07 Å². The first kappa shape index (κ1) is 21.1. The van der Waals surface area contributed by atoms with Gasteiger partial charge in [-0.3, -0.25) is 9.59 Å². The Labute approximate surface area is 172 Å². The van der Waals surface area contributed by atoms with Crippen LogP contribution in [0.15, 0.2) is 30.3 Å². The molecule has 0 spiro atoms. The monoisotopic (exact) mass is 394 g/mol. The van der Waals surface area contributed by atoms with Crippen molar-refractivity contribution in [2.24, 2.45) is 0 Å². The molecule has 3 rings (SSSR count). The second kappa shape index (κ2) is 8.37. The summed E-state index contributed by atoms with van der Waals surface area (Å²) in [6.45, 7) is 10.1. The number of anilines is 1. The zero-order chi connectivity index (χ0) is 21.2. The van der Waals surface area contributed by atoms with Crippen LogP contribution in [0.4, 0.5) is 5.69 Å². The summed E-state index contributed by atoms with van der Waals surface area (Å²) in [5, 5.41) is 6.55. The number of fused-ring (bicyclic) bond motifs is 1. The fourth-order valence-corrected chi connectivity index (χ4v) is 4.10. The van der Waals surface area contributed by atoms with Crippen LogP contribution in [0.5, 0.6) is 5.75 Å². The van der Waals surface area contributed by atoms with E-state index in [-0.39, 0.29) is 17.1 Å². The first-order chi connectivity index (χ1) is 13.8. The number of methoxy groups -OCH3 is 1. The Morgan fingerprint density at radius 2 is 1.93 bits per heavy atom. The molecule has 2 N–H and O–H groups in total. The van der Waals surface area contributed by atoms with Crippen molar-refractivity contribution in [3.05, 3.63) is 58.1 Å². The number of hydrogen-bond acceptors (Lipinski definition) is 4. The molecule has 0 bridgehead atoms. The maximum atomic E-state index is 13.0. The second-order valence-corrected chi connectivity index (χ2v) is 8.10. The lowest BCUT2D eigenvalue weighted by molar-refractivity contribution is 0.0985. The number of ether oxygens (including phenoxy) is 1. The Hall–Kier alpha value is -2.66. The van der Waals surface area contributed by atoms with Crippen molar-refractivity contribution in [1.82, 2.24) is 5.32 Å². The van der Waals surface area contributed by atoms with Gasteiger partial charge in [-0.25, -0.2) is 0 Å². The van der Waals surface area contributed by atoms with Crippen molar-refractivity contribution >= 4 is 17.4 Å². The molecule has 0 aliphatic carbocycles. The lowest BCUT2D eigenvalue weighted by atomic mass is 9.77. The summed E-state index contributed by atoms with van der Waals surface area (Å²) in [7, 11) is 1.53. The highest BCUT2D eigenvalue weighted by Crippen LogP contribution is 2.35. The summed E-state index contributed by atoms with van der Waals surface area (Å²) >= 11 is 0. The lowest BCUT2D eigenvalue weighted by Gasteiger charge is -2.35. The van der Waals surface area contributed by atoms with E-state index in [9.17, 15) is 9.59 Å². The third kappa shape index (κ3) is 4.06. The van der Waals surface area contributed by atoms with E-state index in [0.717, 1.165) is 30.8 Å². The van der Waals surface area contributed by atoms with Crippen LogP contribution in [0.25, 0.3) is 0 Å². The van der Waals surface area contributed by atoms with Crippen LogP contribution >= 0.6 is 0 Å². The fraction of sp³-hybridized carbons (Fsp3) is 0.417. The summed E-state index contributed by atoms with van der Waals surface area (Å²) in [5.74, 6) is 0.216. The van der Waals surface area contributed by atoms with Crippen LogP contribution in [-0.4, -0.2) is 25.3 Å². The maximum Gasteiger partial charge on any atom is 0.255 e. The minimum atomic E-state index is -0.226. The predicted molar refractivity (Wildman–Crippen MR) is 116 cm³/mol. The lowest BCUT2D eigenvalue weighted by Crippen LogP contribution is -2.39. The molecule has 0 saturated carbocycles. The molecule has 2 aromatic rings. The Balaban J connectivity index is 1.95. The van der Waals surface area contributed by atoms with Gasteiger partial charge in [-0.05, 0) is 47.4 Å². The standard InChI is InChI=1S/C24H30N2O3/c1-6-16-18-13-25-14-24(3,4)19(18)9-10-20(16)26-23(28)15-8-11-22(29-5)17(12-15)21(27)7-2/h8-12,25H,6-7,13-14H2,1-5H3,(H,26,28). The van der Waals surface area contributed by atoms with Crippen molar-refractivity contribution in [2.75, 3.05) is 19.0 Å². The average molecular weight is 395 g/mol. The number of carbonyl (C=O) groups is 2. The fourth-order valence-electron chi connectivity index (χ4n) is 4.10. The molecule has 5 heteroatoms. The highest BCUT2D eigenvalue weighted by molar-refractivity contribution is 6.07. The number of Topliss-reactive ketones (excluding diaryl/α,β-unsaturated/α-hetero) is 1. The molecule has 2 aromatic carbocycles. The van der Waals surface area contributed by atoms with E-state index in [1.54, 1.807) is 25.1 Å². The van der Waals surface area contributed by atoms with Gasteiger partial charge in [0.05, 0.1) is 12.7 Å². The van der Waals surface area contributed by atoms with Gasteiger partial charge in [0.2, 0.25) is 0 Å². The Bertz CT molecular complexity index is 947. The summed E-state index contributed by atoms with van der Waals surface area (Å²) < 4.78 is 5.28. The van der Waals surface area contributed by atoms with Crippen molar-refractivity contribution in [3.8, 4) is 5.75 Å². The largest absolute Gasteiger partial charge is 0.496 e. The van der Waals surface area contributed by atoms with Gasteiger partial charge in [0.15, 0.2) is 5.78 Å². The zero-order valence-corrected chi connectivity index (χ0v) is 17.9. The number of ketones is 1. The van der Waals surface area contributed by atoms with Crippen LogP contribution in [0.3, 0.4) is 0 Å². The van der Waals surface area contributed by atoms with Gasteiger partial charge in [-0.1, -0.05) is 33.8 Å². The van der Waals surface area contributed by atoms with Crippen molar-refractivity contribution in [1.29, 1.82) is 0 Å². The molecule has 5 nitrogen and oxygen atoms in total. The minimum absolute atomic E-state index is 0.0483. The van der Waals surface area contributed by atoms with E-state index in [2.05, 4.69) is 37.5 Å². The summed E-state index contributed by atoms with van der Waals surface area (Å²) in [4.78, 5) is 25.2. The zero-order valence-electron chi connectivity index (χ0n) is 17.9. The molecule has 29 heavy (non-hydrogen) atoms. The van der Waals surface area contributed by atoms with Crippen LogP contribution in [-0.2, 0) is 18.4 Å². The number of benzene rings is 2. The van der Waals surface area contributed by atoms with Gasteiger partial charge in [-0.2, -0.15) is 0 Å². The second-order valence-electron chi connectivity index (χ2n) is 8.10. The molecule has 0 radical (unpaired) electrons. The molecular weight excluding hydrogens is 364 g/mol. The SMILES string of the molecule is CCC(=O)c1cc(C(=O)Nc2ccc3c(c2CC)CNCC3(C)C)ccc1OC. The molecule has 1 aliphatic heterocycles. The molecule has 1 amide bonds. The van der Waals surface area contributed by atoms with E-state index in [4.69, 9.17) is 4.74 Å². The van der Waals surface area contributed by atoms with Crippen molar-refractivity contribution in [3.63, 3.8) is 0 Å². The molecule has 0 aromatic heterocycles. The number of hydrogen-bond donors (Lipinski definition) is 2. The molecule has 0 unspecified atom stereocenters. The highest BCUT2D eigenvalue weighted by Gasteiger charge is 2.29. The maximum absolute atomic E-state index is 13.0. The molecule has 1 heterocycles. The first-order valence-electron chi connectivity index (χ1n) is 10.2. The number of rotatable bonds is 6. The van der Waals surface area contributed by atoms with Crippen LogP contribution in [0, 0.1) is 0 Å². The van der Waals surface area contributed by atoms with E-state index in [1.165, 1.54) is 18.2 Å². The van der Waals surface area contributed by atoms with E-state index >= 15 is 0 Å². The van der Waals surface area contributed by atoms with Gasteiger partial charge in [0.1, 0.15) is 5.75 Å². The highest BCUT2D eigenvalue weighted by atomic mass is 16.5. The first-order valence-corrected chi connectivity index (χ1v) is 10.2. The van der Waals surface area contributed by atoms with Gasteiger partial charge in [0, 0.05) is 36.2 Å². The molecule has 1 aliphatic rings. The third-order valence-corrected chi connectivity index (χ3v) is 5.71. The topological polar surface area (TPSA) is 67.4 Å². The van der Waals surface area contributed by atoms with Crippen LogP contribution in [0.2, 0.25) is 0 Å². The minimum Gasteiger partial charge on any atom is -0.496 e. The van der Waals surface area contributed by atoms with Crippen molar-refractivity contribution in [2.45, 2.75) is 52.5 Å². The third-order valence-electron chi connectivity index (χ3n) is 5.71. The molecular formula is C24H30N2O3. The quantitative estimate of drug-likeness (QED) is 0.709. The summed E-state index contributed by atoms with van der Waals surface area (Å²) in [6.07, 6.45) is 1.19. The molecule has 0 atom stereocenters. The Kier molecular flexibility index (Phi) is 6.08. The van der Waals surface area contributed by atoms with Gasteiger partial charge in [-0.15, -0.1) is 0 Å². The van der Waals surface area contributed by atoms with Crippen molar-refractivity contribution < 1.29 is 14.3 Å². The van der Waals surface area contributed by atoms with Crippen LogP contribution in [0.1, 0.15) is 71.5 Å². The normalized spacial score (nSPS) is 14.8. The van der Waals surface area contributed by atoms with E-state index in [0.29, 0.717) is 23.3 Å². The summed E-state index contributed by atoms with van der Waals surface area (Å²) in [5.41, 5.74) is 5.55. The number of carbonyl (C=O) groups excluding carboxylic acids is 2. The van der Waals surface area contributed by atoms with Crippen LogP contribution < -0.4 is 15.4 Å². The average Bonchev–Trinajstić information content (AvgIpc) is 2.72. The molecule has 0 saturated heterocycles. The number of nitrogens with one attached hydrogen (secondary N) is 2. The summed E-state index contributed by atoms with van der Waals surface area (Å²) in [6, 6.07) is 9.12. The number of amides is 1. The predicted octanol–water partition coefficient (Wildman–Crippen LogP) is 4.48. The van der Waals surface area contributed by atoms with Gasteiger partial charge < -0.3 is 15.4 Å². The molecule has 0 fully saturated rings. The Morgan fingerprint density at radius 3 is 2.59 bits per heavy atom.